The summed E-state index contributed by atoms with van der Waals surface area (Å²) in [5.41, 5.74) is 6.99. The van der Waals surface area contributed by atoms with Crippen LogP contribution >= 0.6 is 0 Å². The van der Waals surface area contributed by atoms with E-state index in [0.717, 1.165) is 11.3 Å². The van der Waals surface area contributed by atoms with Gasteiger partial charge in [-0.25, -0.2) is 0 Å². The Kier molecular flexibility index (Phi) is 3.40. The zero-order chi connectivity index (χ0) is 9.68. The number of carbonyl (C=O) groups is 1. The first-order valence-corrected chi connectivity index (χ1v) is 4.09. The maximum absolute atomic E-state index is 10.4. The maximum Gasteiger partial charge on any atom is 0.231 e. The van der Waals surface area contributed by atoms with E-state index in [2.05, 4.69) is 10.3 Å². The topological polar surface area (TPSA) is 68.0 Å². The predicted octanol–water partition coefficient (Wildman–Crippen LogP) is -0.0351. The number of nitrogens with two attached hydrogens (primary N) is 1. The van der Waals surface area contributed by atoms with Crippen molar-refractivity contribution in [1.29, 1.82) is 0 Å². The maximum atomic E-state index is 10.4. The Balaban J connectivity index is 2.37. The van der Waals surface area contributed by atoms with E-state index >= 15 is 0 Å². The highest BCUT2D eigenvalue weighted by molar-refractivity contribution is 5.75. The van der Waals surface area contributed by atoms with E-state index in [-0.39, 0.29) is 12.5 Å². The second-order valence-electron chi connectivity index (χ2n) is 2.90. The van der Waals surface area contributed by atoms with Gasteiger partial charge in [-0.3, -0.25) is 9.78 Å². The molecule has 4 heteroatoms. The van der Waals surface area contributed by atoms with Crippen LogP contribution in [0.2, 0.25) is 0 Å². The molecule has 0 spiro atoms. The van der Waals surface area contributed by atoms with Crippen LogP contribution in [0.5, 0.6) is 0 Å². The first-order chi connectivity index (χ1) is 6.18. The Bertz CT molecular complexity index is 281. The highest BCUT2D eigenvalue weighted by atomic mass is 16.1. The number of aryl methyl sites for hydroxylation is 1. The van der Waals surface area contributed by atoms with Crippen LogP contribution < -0.4 is 11.1 Å². The number of nitrogens with zero attached hydrogens (tertiary/aromatic N) is 1. The zero-order valence-electron chi connectivity index (χ0n) is 7.58. The number of carbonyl (C=O) groups excluding carboxylic acids is 1. The number of amides is 1. The summed E-state index contributed by atoms with van der Waals surface area (Å²) in [6.45, 7) is 2.74. The van der Waals surface area contributed by atoms with E-state index in [1.165, 1.54) is 0 Å². The highest BCUT2D eigenvalue weighted by Gasteiger charge is 1.95. The minimum atomic E-state index is -0.355. The summed E-state index contributed by atoms with van der Waals surface area (Å²) in [5, 5.41) is 2.88. The lowest BCUT2D eigenvalue weighted by Gasteiger charge is -2.01. The molecule has 0 saturated heterocycles. The van der Waals surface area contributed by atoms with Crippen LogP contribution in [0.25, 0.3) is 0 Å². The third-order valence-electron chi connectivity index (χ3n) is 1.58. The van der Waals surface area contributed by atoms with Gasteiger partial charge in [-0.05, 0) is 18.6 Å². The molecule has 1 amide bonds. The van der Waals surface area contributed by atoms with Gasteiger partial charge in [0.15, 0.2) is 0 Å². The minimum Gasteiger partial charge on any atom is -0.369 e. The third kappa shape index (κ3) is 3.66. The van der Waals surface area contributed by atoms with Crippen LogP contribution in [0.3, 0.4) is 0 Å². The Labute approximate surface area is 77.2 Å². The van der Waals surface area contributed by atoms with Crippen molar-refractivity contribution in [2.75, 3.05) is 6.54 Å². The second-order valence-corrected chi connectivity index (χ2v) is 2.90. The number of rotatable bonds is 4. The molecule has 0 aliphatic heterocycles. The quantitative estimate of drug-likeness (QED) is 0.681. The Morgan fingerprint density at radius 1 is 1.62 bits per heavy atom. The fraction of sp³-hybridized carbons (Fsp3) is 0.333. The van der Waals surface area contributed by atoms with Crippen molar-refractivity contribution in [2.45, 2.75) is 13.5 Å². The van der Waals surface area contributed by atoms with Crippen molar-refractivity contribution >= 4 is 5.91 Å². The predicted molar refractivity (Wildman–Crippen MR) is 49.9 cm³/mol. The number of nitrogens with one attached hydrogen (secondary N) is 1. The fourth-order valence-corrected chi connectivity index (χ4v) is 0.917. The van der Waals surface area contributed by atoms with Crippen molar-refractivity contribution in [3.05, 3.63) is 29.6 Å². The van der Waals surface area contributed by atoms with E-state index < -0.39 is 0 Å². The normalized spacial score (nSPS) is 9.92. The Morgan fingerprint density at radius 2 is 2.38 bits per heavy atom. The average molecular weight is 179 g/mol. The summed E-state index contributed by atoms with van der Waals surface area (Å²) < 4.78 is 0. The van der Waals surface area contributed by atoms with Gasteiger partial charge in [-0.1, -0.05) is 6.07 Å². The summed E-state index contributed by atoms with van der Waals surface area (Å²) in [6, 6.07) is 3.90. The van der Waals surface area contributed by atoms with Gasteiger partial charge in [0.05, 0.1) is 12.2 Å². The second kappa shape index (κ2) is 4.57. The highest BCUT2D eigenvalue weighted by Crippen LogP contribution is 1.97. The number of aromatic nitrogens is 1. The molecule has 1 rings (SSSR count). The lowest BCUT2D eigenvalue weighted by atomic mass is 10.3. The van der Waals surface area contributed by atoms with Gasteiger partial charge in [0, 0.05) is 12.7 Å². The summed E-state index contributed by atoms with van der Waals surface area (Å²) in [5.74, 6) is -0.355. The summed E-state index contributed by atoms with van der Waals surface area (Å²) in [6.07, 6.45) is 1.79. The van der Waals surface area contributed by atoms with Crippen molar-refractivity contribution in [1.82, 2.24) is 10.3 Å². The van der Waals surface area contributed by atoms with E-state index in [1.54, 1.807) is 6.20 Å². The molecule has 13 heavy (non-hydrogen) atoms. The minimum absolute atomic E-state index is 0.190. The van der Waals surface area contributed by atoms with Gasteiger partial charge in [-0.2, -0.15) is 0 Å². The largest absolute Gasteiger partial charge is 0.369 e. The van der Waals surface area contributed by atoms with Crippen LogP contribution in [0.1, 0.15) is 11.3 Å². The summed E-state index contributed by atoms with van der Waals surface area (Å²) in [4.78, 5) is 14.5. The smallest absolute Gasteiger partial charge is 0.231 e. The molecule has 0 saturated carbocycles. The van der Waals surface area contributed by atoms with Crippen molar-refractivity contribution < 1.29 is 4.79 Å². The molecular weight excluding hydrogens is 166 g/mol. The first-order valence-electron chi connectivity index (χ1n) is 4.09. The zero-order valence-corrected chi connectivity index (χ0v) is 7.58. The molecule has 0 atom stereocenters. The molecule has 0 aliphatic rings. The van der Waals surface area contributed by atoms with E-state index in [1.807, 2.05) is 19.1 Å². The summed E-state index contributed by atoms with van der Waals surface area (Å²) >= 11 is 0. The van der Waals surface area contributed by atoms with Gasteiger partial charge < -0.3 is 11.1 Å². The summed E-state index contributed by atoms with van der Waals surface area (Å²) in [7, 11) is 0. The van der Waals surface area contributed by atoms with Crippen molar-refractivity contribution in [2.24, 2.45) is 5.73 Å². The molecule has 1 heterocycles. The molecule has 0 unspecified atom stereocenters. The van der Waals surface area contributed by atoms with Crippen molar-refractivity contribution in [3.8, 4) is 0 Å². The van der Waals surface area contributed by atoms with E-state index in [0.29, 0.717) is 6.54 Å². The number of pyridine rings is 1. The molecule has 0 bridgehead atoms. The Morgan fingerprint density at radius 3 is 2.92 bits per heavy atom. The monoisotopic (exact) mass is 179 g/mol. The standard InChI is InChI=1S/C9H13N3O/c1-7-2-3-8(12-4-7)5-11-6-9(10)13/h2-4,11H,5-6H2,1H3,(H2,10,13). The molecule has 3 N–H and O–H groups in total. The lowest BCUT2D eigenvalue weighted by molar-refractivity contribution is -0.117. The molecular formula is C9H13N3O. The number of hydrogen-bond donors (Lipinski definition) is 2. The third-order valence-corrected chi connectivity index (χ3v) is 1.58. The van der Waals surface area contributed by atoms with Gasteiger partial charge in [-0.15, -0.1) is 0 Å². The first kappa shape index (κ1) is 9.67. The van der Waals surface area contributed by atoms with E-state index in [4.69, 9.17) is 5.73 Å². The molecule has 0 aromatic carbocycles. The van der Waals surface area contributed by atoms with E-state index in [9.17, 15) is 4.79 Å². The van der Waals surface area contributed by atoms with Crippen LogP contribution in [0.15, 0.2) is 18.3 Å². The molecule has 1 aromatic heterocycles. The molecule has 0 radical (unpaired) electrons. The van der Waals surface area contributed by atoms with Gasteiger partial charge in [0.2, 0.25) is 5.91 Å². The Hall–Kier alpha value is -1.42. The van der Waals surface area contributed by atoms with Crippen LogP contribution in [-0.4, -0.2) is 17.4 Å². The number of primary amides is 1. The number of hydrogen-bond acceptors (Lipinski definition) is 3. The van der Waals surface area contributed by atoms with Gasteiger partial charge in [0.25, 0.3) is 0 Å². The van der Waals surface area contributed by atoms with Crippen LogP contribution in [0.4, 0.5) is 0 Å². The molecule has 0 fully saturated rings. The molecule has 1 aromatic rings. The van der Waals surface area contributed by atoms with Gasteiger partial charge in [0.1, 0.15) is 0 Å². The lowest BCUT2D eigenvalue weighted by Crippen LogP contribution is -2.28. The molecule has 0 aliphatic carbocycles. The SMILES string of the molecule is Cc1ccc(CNCC(N)=O)nc1. The molecule has 70 valence electrons. The van der Waals surface area contributed by atoms with Crippen LogP contribution in [-0.2, 0) is 11.3 Å². The van der Waals surface area contributed by atoms with Crippen molar-refractivity contribution in [3.63, 3.8) is 0 Å². The average Bonchev–Trinajstić information content (AvgIpc) is 2.08. The van der Waals surface area contributed by atoms with Crippen LogP contribution in [0, 0.1) is 6.92 Å². The van der Waals surface area contributed by atoms with Gasteiger partial charge >= 0.3 is 0 Å². The fourth-order valence-electron chi connectivity index (χ4n) is 0.917. The molecule has 4 nitrogen and oxygen atoms in total.